The summed E-state index contributed by atoms with van der Waals surface area (Å²) in [6, 6.07) is 0. The third kappa shape index (κ3) is 5.78. The van der Waals surface area contributed by atoms with Gasteiger partial charge in [0.1, 0.15) is 0 Å². The fraction of sp³-hybridized carbons (Fsp3) is 1.00. The van der Waals surface area contributed by atoms with Gasteiger partial charge in [-0.15, -0.1) is 0 Å². The molecule has 0 aromatic carbocycles. The molecule has 0 aromatic heterocycles. The third-order valence-corrected chi connectivity index (χ3v) is 30.9. The summed E-state index contributed by atoms with van der Waals surface area (Å²) in [4.78, 5) is 0. The molecule has 0 spiro atoms. The van der Waals surface area contributed by atoms with Gasteiger partial charge in [-0.1, -0.05) is 0 Å². The van der Waals surface area contributed by atoms with Crippen molar-refractivity contribution in [1.29, 1.82) is 0 Å². The molecule has 3 rings (SSSR count). The molecule has 0 nitrogen and oxygen atoms in total. The Morgan fingerprint density at radius 3 is 0.806 bits per heavy atom. The average molecular weight is 625 g/mol. The first-order valence-electron chi connectivity index (χ1n) is 14.3. The Bertz CT molecular complexity index is 468. The van der Waals surface area contributed by atoms with Gasteiger partial charge < -0.3 is 0 Å². The first kappa shape index (κ1) is 26.5. The van der Waals surface area contributed by atoms with Crippen LogP contribution in [0, 0.1) is 35.5 Å². The van der Waals surface area contributed by atoms with Gasteiger partial charge in [0.05, 0.1) is 0 Å². The summed E-state index contributed by atoms with van der Waals surface area (Å²) in [6.45, 7) is 23.5. The second-order valence-corrected chi connectivity index (χ2v) is 31.3. The van der Waals surface area contributed by atoms with Gasteiger partial charge in [0, 0.05) is 0 Å². The van der Waals surface area contributed by atoms with Crippen molar-refractivity contribution in [3.05, 3.63) is 0 Å². The van der Waals surface area contributed by atoms with E-state index < -0.39 is 22.7 Å². The van der Waals surface area contributed by atoms with Crippen LogP contribution in [0.3, 0.4) is 0 Å². The molecule has 1 heteroatoms. The average Bonchev–Trinajstić information content (AvgIpc) is 2.68. The molecule has 181 valence electrons. The van der Waals surface area contributed by atoms with E-state index in [1.54, 1.807) is 38.5 Å². The fourth-order valence-corrected chi connectivity index (χ4v) is 35.0. The minimum atomic E-state index is -2.02. The first-order valence-corrected chi connectivity index (χ1v) is 20.1. The standard InChI is InChI=1S/3C10H19.Pb/c3*1-8(2)10-6-4-9(3)5-7-10;/h3*8,10H,4-7H2,1-3H3;. The summed E-state index contributed by atoms with van der Waals surface area (Å²) in [5.74, 6) is 5.71. The van der Waals surface area contributed by atoms with Gasteiger partial charge in [0.2, 0.25) is 0 Å². The van der Waals surface area contributed by atoms with Crippen molar-refractivity contribution in [2.24, 2.45) is 35.5 Å². The molecule has 31 heavy (non-hydrogen) atoms. The van der Waals surface area contributed by atoms with Crippen LogP contribution in [0.25, 0.3) is 0 Å². The molecule has 0 saturated heterocycles. The van der Waals surface area contributed by atoms with Gasteiger partial charge in [-0.2, -0.15) is 0 Å². The number of hydrogen-bond acceptors (Lipinski definition) is 0. The molecule has 3 saturated carbocycles. The summed E-state index contributed by atoms with van der Waals surface area (Å²) in [5.41, 5.74) is 0. The van der Waals surface area contributed by atoms with Crippen molar-refractivity contribution in [1.82, 2.24) is 0 Å². The Labute approximate surface area is 205 Å². The molecule has 0 unspecified atom stereocenters. The molecule has 0 aliphatic heterocycles. The molecule has 3 aliphatic carbocycles. The fourth-order valence-electron chi connectivity index (χ4n) is 8.77. The quantitative estimate of drug-likeness (QED) is 0.258. The maximum absolute atomic E-state index is 2.85. The molecule has 1 radical (unpaired) electrons. The Morgan fingerprint density at radius 1 is 0.452 bits per heavy atom. The Morgan fingerprint density at radius 2 is 0.645 bits per heavy atom. The van der Waals surface area contributed by atoms with E-state index in [1.807, 2.05) is 0 Å². The normalized spacial score (nSPS) is 42.7. The van der Waals surface area contributed by atoms with E-state index in [9.17, 15) is 0 Å². The topological polar surface area (TPSA) is 0 Å². The van der Waals surface area contributed by atoms with Crippen LogP contribution < -0.4 is 0 Å². The number of hydrogen-bond donors (Lipinski definition) is 0. The second-order valence-electron chi connectivity index (χ2n) is 14.3. The van der Waals surface area contributed by atoms with E-state index in [2.05, 4.69) is 62.3 Å². The molecular weight excluding hydrogens is 568 g/mol. The van der Waals surface area contributed by atoms with Crippen LogP contribution in [0.2, 0.25) is 8.92 Å². The summed E-state index contributed by atoms with van der Waals surface area (Å²) < 4.78 is 2.32. The van der Waals surface area contributed by atoms with Crippen LogP contribution in [-0.2, 0) is 0 Å². The van der Waals surface area contributed by atoms with Crippen LogP contribution in [0.1, 0.15) is 139 Å². The molecule has 0 aromatic rings. The van der Waals surface area contributed by atoms with Gasteiger partial charge in [0.25, 0.3) is 0 Å². The molecular formula is C30H57Pb. The number of rotatable bonds is 6. The predicted molar refractivity (Wildman–Crippen MR) is 141 cm³/mol. The summed E-state index contributed by atoms with van der Waals surface area (Å²) >= 11 is -2.02. The Kier molecular flexibility index (Phi) is 8.79. The third-order valence-electron chi connectivity index (χ3n) is 11.0. The van der Waals surface area contributed by atoms with E-state index in [-0.39, 0.29) is 0 Å². The van der Waals surface area contributed by atoms with Crippen molar-refractivity contribution in [2.75, 3.05) is 0 Å². The first-order chi connectivity index (χ1) is 14.4. The maximum atomic E-state index is 2.85. The SMILES string of the molecule is CC(C)C1CC[C](C)([Pb]([C]2(C)CCC(C(C)C)CC2)[C]2(C)CCC(C(C)C)CC2)CC1. The van der Waals surface area contributed by atoms with Crippen molar-refractivity contribution < 1.29 is 0 Å². The summed E-state index contributed by atoms with van der Waals surface area (Å²) in [6.07, 6.45) is 18.8. The summed E-state index contributed by atoms with van der Waals surface area (Å²) in [7, 11) is 0. The zero-order chi connectivity index (χ0) is 23.0. The van der Waals surface area contributed by atoms with E-state index in [0.29, 0.717) is 0 Å². The second kappa shape index (κ2) is 10.3. The van der Waals surface area contributed by atoms with Gasteiger partial charge in [0.15, 0.2) is 0 Å². The molecule has 0 amide bonds. The van der Waals surface area contributed by atoms with Gasteiger partial charge in [-0.05, 0) is 0 Å². The van der Waals surface area contributed by atoms with Crippen LogP contribution in [-0.4, -0.2) is 22.7 Å². The van der Waals surface area contributed by atoms with Crippen molar-refractivity contribution in [2.45, 2.75) is 148 Å². The monoisotopic (exact) mass is 625 g/mol. The van der Waals surface area contributed by atoms with Crippen molar-refractivity contribution in [3.8, 4) is 0 Å². The van der Waals surface area contributed by atoms with E-state index in [0.717, 1.165) is 44.4 Å². The predicted octanol–water partition coefficient (Wildman–Crippen LogP) is 10.3. The van der Waals surface area contributed by atoms with Gasteiger partial charge >= 0.3 is 206 Å². The van der Waals surface area contributed by atoms with E-state index in [4.69, 9.17) is 0 Å². The van der Waals surface area contributed by atoms with Crippen LogP contribution in [0.5, 0.6) is 0 Å². The van der Waals surface area contributed by atoms with E-state index in [1.165, 1.54) is 38.5 Å². The molecule has 0 N–H and O–H groups in total. The van der Waals surface area contributed by atoms with Crippen LogP contribution >= 0.6 is 0 Å². The zero-order valence-electron chi connectivity index (χ0n) is 22.9. The molecule has 0 bridgehead atoms. The van der Waals surface area contributed by atoms with Gasteiger partial charge in [-0.25, -0.2) is 0 Å². The molecule has 0 heterocycles. The molecule has 0 atom stereocenters. The Hall–Kier alpha value is 0.922. The molecule has 3 fully saturated rings. The van der Waals surface area contributed by atoms with Crippen LogP contribution in [0.15, 0.2) is 0 Å². The molecule has 3 aliphatic rings. The van der Waals surface area contributed by atoms with E-state index >= 15 is 0 Å². The summed E-state index contributed by atoms with van der Waals surface area (Å²) in [5, 5.41) is 0. The van der Waals surface area contributed by atoms with Gasteiger partial charge in [-0.3, -0.25) is 0 Å². The van der Waals surface area contributed by atoms with Crippen LogP contribution in [0.4, 0.5) is 0 Å². The Balaban J connectivity index is 1.86. The zero-order valence-corrected chi connectivity index (χ0v) is 26.8. The minimum absolute atomic E-state index is 0.773. The van der Waals surface area contributed by atoms with Crippen molar-refractivity contribution in [3.63, 3.8) is 0 Å². The van der Waals surface area contributed by atoms with Crippen molar-refractivity contribution >= 4 is 22.7 Å².